The van der Waals surface area contributed by atoms with E-state index in [1.165, 1.54) is 103 Å². The number of rotatable bonds is 16. The highest BCUT2D eigenvalue weighted by Crippen LogP contribution is 2.11. The van der Waals surface area contributed by atoms with Gasteiger partial charge in [0.1, 0.15) is 0 Å². The molecule has 0 atom stereocenters. The predicted octanol–water partition coefficient (Wildman–Crippen LogP) is 7.82. The van der Waals surface area contributed by atoms with Crippen LogP contribution in [0.1, 0.15) is 117 Å². The number of hydrogen-bond donors (Lipinski definition) is 0. The molecule has 0 aromatic heterocycles. The van der Waals surface area contributed by atoms with Gasteiger partial charge in [-0.2, -0.15) is 0 Å². The second-order valence-corrected chi connectivity index (χ2v) is 6.29. The average Bonchev–Trinajstić information content (AvgIpc) is 2.47. The number of allylic oxidation sites excluding steroid dienone is 2. The van der Waals surface area contributed by atoms with Gasteiger partial charge in [-0.3, -0.25) is 0 Å². The van der Waals surface area contributed by atoms with Gasteiger partial charge < -0.3 is 0 Å². The Morgan fingerprint density at radius 1 is 0.400 bits per heavy atom. The standard InChI is InChI=1S/C20H40/c1-3-5-7-9-11-13-15-17-19-20-18-16-14-12-10-8-6-4-2/h15,17H,3-14,16,18-20H2,1-2H3/b17-15-. The Labute approximate surface area is 129 Å². The molecule has 0 aliphatic heterocycles. The van der Waals surface area contributed by atoms with Gasteiger partial charge in [0.25, 0.3) is 0 Å². The molecule has 0 spiro atoms. The lowest BCUT2D eigenvalue weighted by Crippen LogP contribution is -1.81. The second-order valence-electron chi connectivity index (χ2n) is 6.29. The molecule has 0 saturated carbocycles. The first-order valence-corrected chi connectivity index (χ1v) is 9.56. The summed E-state index contributed by atoms with van der Waals surface area (Å²) in [7, 11) is 0. The fourth-order valence-electron chi connectivity index (χ4n) is 2.67. The molecule has 0 amide bonds. The van der Waals surface area contributed by atoms with Crippen LogP contribution in [0.25, 0.3) is 0 Å². The third-order valence-electron chi connectivity index (χ3n) is 4.12. The molecule has 0 unspecified atom stereocenters. The van der Waals surface area contributed by atoms with Gasteiger partial charge in [-0.1, -0.05) is 103 Å². The Morgan fingerprint density at radius 2 is 0.700 bits per heavy atom. The summed E-state index contributed by atoms with van der Waals surface area (Å²) in [5.74, 6) is 0. The summed E-state index contributed by atoms with van der Waals surface area (Å²) in [4.78, 5) is 0. The summed E-state index contributed by atoms with van der Waals surface area (Å²) in [5, 5.41) is 0. The first-order valence-electron chi connectivity index (χ1n) is 9.56. The van der Waals surface area contributed by atoms with Crippen molar-refractivity contribution in [2.24, 2.45) is 0 Å². The normalized spacial score (nSPS) is 11.5. The monoisotopic (exact) mass is 280 g/mol. The highest BCUT2D eigenvalue weighted by molar-refractivity contribution is 4.81. The molecule has 0 radical (unpaired) electrons. The van der Waals surface area contributed by atoms with Crippen LogP contribution in [0.3, 0.4) is 0 Å². The molecule has 0 aliphatic rings. The summed E-state index contributed by atoms with van der Waals surface area (Å²) >= 11 is 0. The van der Waals surface area contributed by atoms with Gasteiger partial charge in [0, 0.05) is 0 Å². The van der Waals surface area contributed by atoms with Gasteiger partial charge in [-0.15, -0.1) is 0 Å². The molecule has 0 fully saturated rings. The van der Waals surface area contributed by atoms with Crippen molar-refractivity contribution in [2.75, 3.05) is 0 Å². The minimum absolute atomic E-state index is 1.31. The minimum atomic E-state index is 1.31. The van der Waals surface area contributed by atoms with E-state index in [0.717, 1.165) is 0 Å². The highest BCUT2D eigenvalue weighted by atomic mass is 14.0. The lowest BCUT2D eigenvalue weighted by molar-refractivity contribution is 0.566. The second kappa shape index (κ2) is 18.7. The molecule has 0 nitrogen and oxygen atoms in total. The van der Waals surface area contributed by atoms with E-state index in [4.69, 9.17) is 0 Å². The summed E-state index contributed by atoms with van der Waals surface area (Å²) in [6.07, 6.45) is 27.4. The van der Waals surface area contributed by atoms with E-state index >= 15 is 0 Å². The quantitative estimate of drug-likeness (QED) is 0.200. The summed E-state index contributed by atoms with van der Waals surface area (Å²) in [6, 6.07) is 0. The van der Waals surface area contributed by atoms with E-state index in [2.05, 4.69) is 26.0 Å². The number of hydrogen-bond acceptors (Lipinski definition) is 0. The molecule has 0 heterocycles. The van der Waals surface area contributed by atoms with Gasteiger partial charge in [0.05, 0.1) is 0 Å². The molecule has 0 bridgehead atoms. The third kappa shape index (κ3) is 17.7. The molecule has 0 N–H and O–H groups in total. The Kier molecular flexibility index (Phi) is 18.5. The zero-order valence-corrected chi connectivity index (χ0v) is 14.5. The molecular formula is C20H40. The first kappa shape index (κ1) is 19.7. The van der Waals surface area contributed by atoms with Crippen LogP contribution in [-0.4, -0.2) is 0 Å². The molecule has 0 aromatic rings. The van der Waals surface area contributed by atoms with Crippen LogP contribution in [0.4, 0.5) is 0 Å². The highest BCUT2D eigenvalue weighted by Gasteiger charge is 1.91. The maximum absolute atomic E-state index is 2.42. The zero-order valence-electron chi connectivity index (χ0n) is 14.5. The molecular weight excluding hydrogens is 240 g/mol. The van der Waals surface area contributed by atoms with E-state index in [-0.39, 0.29) is 0 Å². The van der Waals surface area contributed by atoms with Crippen molar-refractivity contribution in [3.8, 4) is 0 Å². The molecule has 0 saturated heterocycles. The smallest absolute Gasteiger partial charge is 0.0351 e. The van der Waals surface area contributed by atoms with Gasteiger partial charge in [-0.05, 0) is 25.7 Å². The van der Waals surface area contributed by atoms with Crippen LogP contribution in [0.15, 0.2) is 12.2 Å². The van der Waals surface area contributed by atoms with Crippen molar-refractivity contribution in [2.45, 2.75) is 117 Å². The van der Waals surface area contributed by atoms with Gasteiger partial charge in [0.2, 0.25) is 0 Å². The molecule has 0 aromatic carbocycles. The lowest BCUT2D eigenvalue weighted by Gasteiger charge is -2.00. The Morgan fingerprint density at radius 3 is 1.05 bits per heavy atom. The average molecular weight is 281 g/mol. The Hall–Kier alpha value is -0.260. The van der Waals surface area contributed by atoms with Crippen LogP contribution in [0.2, 0.25) is 0 Å². The lowest BCUT2D eigenvalue weighted by atomic mass is 10.1. The third-order valence-corrected chi connectivity index (χ3v) is 4.12. The van der Waals surface area contributed by atoms with Crippen LogP contribution in [-0.2, 0) is 0 Å². The number of unbranched alkanes of at least 4 members (excludes halogenated alkanes) is 14. The first-order chi connectivity index (χ1) is 9.91. The van der Waals surface area contributed by atoms with Gasteiger partial charge in [-0.25, -0.2) is 0 Å². The fraction of sp³-hybridized carbons (Fsp3) is 0.900. The van der Waals surface area contributed by atoms with Crippen LogP contribution >= 0.6 is 0 Å². The van der Waals surface area contributed by atoms with Crippen LogP contribution in [0.5, 0.6) is 0 Å². The molecule has 0 heteroatoms. The van der Waals surface area contributed by atoms with Crippen LogP contribution < -0.4 is 0 Å². The van der Waals surface area contributed by atoms with Crippen molar-refractivity contribution >= 4 is 0 Å². The summed E-state index contributed by atoms with van der Waals surface area (Å²) in [5.41, 5.74) is 0. The summed E-state index contributed by atoms with van der Waals surface area (Å²) < 4.78 is 0. The van der Waals surface area contributed by atoms with Crippen molar-refractivity contribution in [1.82, 2.24) is 0 Å². The minimum Gasteiger partial charge on any atom is -0.0885 e. The molecule has 0 aliphatic carbocycles. The molecule has 20 heavy (non-hydrogen) atoms. The zero-order chi connectivity index (χ0) is 14.7. The van der Waals surface area contributed by atoms with E-state index in [1.54, 1.807) is 0 Å². The van der Waals surface area contributed by atoms with E-state index < -0.39 is 0 Å². The molecule has 0 rings (SSSR count). The largest absolute Gasteiger partial charge is 0.0885 e. The topological polar surface area (TPSA) is 0 Å². The maximum atomic E-state index is 2.42. The van der Waals surface area contributed by atoms with Crippen molar-refractivity contribution in [3.63, 3.8) is 0 Å². The molecule has 120 valence electrons. The Balaban J connectivity index is 3.01. The van der Waals surface area contributed by atoms with Gasteiger partial charge >= 0.3 is 0 Å². The Bertz CT molecular complexity index is 180. The van der Waals surface area contributed by atoms with Crippen molar-refractivity contribution < 1.29 is 0 Å². The maximum Gasteiger partial charge on any atom is -0.0351 e. The SMILES string of the molecule is CCCCCCC/C=C\CCCCCCCCCCC. The van der Waals surface area contributed by atoms with E-state index in [1.807, 2.05) is 0 Å². The van der Waals surface area contributed by atoms with Crippen molar-refractivity contribution in [1.29, 1.82) is 0 Å². The van der Waals surface area contributed by atoms with E-state index in [9.17, 15) is 0 Å². The van der Waals surface area contributed by atoms with Crippen LogP contribution in [0, 0.1) is 0 Å². The van der Waals surface area contributed by atoms with E-state index in [0.29, 0.717) is 0 Å². The van der Waals surface area contributed by atoms with Gasteiger partial charge in [0.15, 0.2) is 0 Å². The fourth-order valence-corrected chi connectivity index (χ4v) is 2.67. The van der Waals surface area contributed by atoms with Crippen molar-refractivity contribution in [3.05, 3.63) is 12.2 Å². The predicted molar refractivity (Wildman–Crippen MR) is 94.4 cm³/mol. The summed E-state index contributed by atoms with van der Waals surface area (Å²) in [6.45, 7) is 4.57.